The molecule has 4 rings (SSSR count). The number of nitrogens with zero attached hydrogens (tertiary/aromatic N) is 2. The van der Waals surface area contributed by atoms with Crippen molar-refractivity contribution in [1.29, 1.82) is 0 Å². The number of piperidine rings is 1. The van der Waals surface area contributed by atoms with Gasteiger partial charge in [0.25, 0.3) is 0 Å². The van der Waals surface area contributed by atoms with E-state index in [1.54, 1.807) is 20.8 Å². The maximum atomic E-state index is 13.8. The average molecular weight is 542 g/mol. The first-order chi connectivity index (χ1) is 18.1. The van der Waals surface area contributed by atoms with Gasteiger partial charge in [0.15, 0.2) is 0 Å². The maximum Gasteiger partial charge on any atom is 0.337 e. The topological polar surface area (TPSA) is 102 Å². The number of esters is 1. The SMILES string of the molecule is CCCCCC1=C2SC(N(OC(C)(C)C)C(=O)C(N)=O)C(C(=O)OCc3ccccc3)=C2C2CCCN1C2. The molecule has 2 bridgehead atoms. The lowest BCUT2D eigenvalue weighted by molar-refractivity contribution is -0.227. The molecule has 2 amide bonds. The summed E-state index contributed by atoms with van der Waals surface area (Å²) in [5.41, 5.74) is 8.06. The summed E-state index contributed by atoms with van der Waals surface area (Å²) in [6.45, 7) is 9.47. The zero-order chi connectivity index (χ0) is 27.4. The van der Waals surface area contributed by atoms with Gasteiger partial charge in [-0.25, -0.2) is 4.79 Å². The number of nitrogens with two attached hydrogens (primary N) is 1. The van der Waals surface area contributed by atoms with Crippen LogP contribution in [0.1, 0.15) is 71.8 Å². The van der Waals surface area contributed by atoms with E-state index in [2.05, 4.69) is 11.8 Å². The Hall–Kier alpha value is -2.78. The van der Waals surface area contributed by atoms with Gasteiger partial charge in [0.1, 0.15) is 12.0 Å². The van der Waals surface area contributed by atoms with E-state index < -0.39 is 28.8 Å². The number of primary amides is 1. The third kappa shape index (κ3) is 6.26. The molecular weight excluding hydrogens is 502 g/mol. The van der Waals surface area contributed by atoms with E-state index in [0.29, 0.717) is 5.57 Å². The molecule has 1 aromatic rings. The average Bonchev–Trinajstić information content (AvgIpc) is 3.28. The van der Waals surface area contributed by atoms with Gasteiger partial charge >= 0.3 is 17.8 Å². The van der Waals surface area contributed by atoms with Crippen LogP contribution in [-0.2, 0) is 30.6 Å². The zero-order valence-corrected chi connectivity index (χ0v) is 23.6. The first-order valence-electron chi connectivity index (χ1n) is 13.5. The predicted molar refractivity (Wildman–Crippen MR) is 147 cm³/mol. The molecule has 0 radical (unpaired) electrons. The van der Waals surface area contributed by atoms with Gasteiger partial charge in [0.05, 0.1) is 11.2 Å². The fourth-order valence-corrected chi connectivity index (χ4v) is 6.88. The third-order valence-corrected chi connectivity index (χ3v) is 8.27. The number of carbonyl (C=O) groups is 3. The Morgan fingerprint density at radius 3 is 2.55 bits per heavy atom. The van der Waals surface area contributed by atoms with Crippen molar-refractivity contribution >= 4 is 29.5 Å². The van der Waals surface area contributed by atoms with Crippen molar-refractivity contribution in [2.24, 2.45) is 11.7 Å². The van der Waals surface area contributed by atoms with E-state index >= 15 is 0 Å². The summed E-state index contributed by atoms with van der Waals surface area (Å²) in [5, 5.41) is 0.136. The molecule has 0 aromatic heterocycles. The Balaban J connectivity index is 1.80. The normalized spacial score (nSPS) is 20.9. The molecule has 2 N–H and O–H groups in total. The Labute approximate surface area is 229 Å². The van der Waals surface area contributed by atoms with E-state index in [4.69, 9.17) is 15.3 Å². The van der Waals surface area contributed by atoms with Crippen LogP contribution in [0.3, 0.4) is 0 Å². The van der Waals surface area contributed by atoms with Crippen LogP contribution in [0.2, 0.25) is 0 Å². The molecule has 1 saturated heterocycles. The summed E-state index contributed by atoms with van der Waals surface area (Å²) in [6, 6.07) is 9.49. The van der Waals surface area contributed by atoms with Gasteiger partial charge in [-0.1, -0.05) is 61.9 Å². The second-order valence-corrected chi connectivity index (χ2v) is 12.2. The summed E-state index contributed by atoms with van der Waals surface area (Å²) < 4.78 is 5.83. The third-order valence-electron chi connectivity index (χ3n) is 6.93. The molecular formula is C29H39N3O5S. The van der Waals surface area contributed by atoms with Crippen molar-refractivity contribution in [3.63, 3.8) is 0 Å². The highest BCUT2D eigenvalue weighted by molar-refractivity contribution is 8.04. The van der Waals surface area contributed by atoms with Crippen LogP contribution in [0.4, 0.5) is 0 Å². The van der Waals surface area contributed by atoms with Gasteiger partial charge in [0.2, 0.25) is 0 Å². The van der Waals surface area contributed by atoms with Gasteiger partial charge in [-0.05, 0) is 57.6 Å². The van der Waals surface area contributed by atoms with Crippen molar-refractivity contribution in [3.05, 3.63) is 57.6 Å². The van der Waals surface area contributed by atoms with E-state index in [0.717, 1.165) is 72.7 Å². The molecule has 1 aromatic carbocycles. The number of hydrogen-bond acceptors (Lipinski definition) is 7. The molecule has 3 aliphatic heterocycles. The second kappa shape index (κ2) is 11.9. The highest BCUT2D eigenvalue weighted by Gasteiger charge is 2.49. The number of amides is 2. The van der Waals surface area contributed by atoms with E-state index in [1.807, 2.05) is 30.3 Å². The summed E-state index contributed by atoms with van der Waals surface area (Å²) in [4.78, 5) is 48.5. The monoisotopic (exact) mass is 541 g/mol. The number of thioether (sulfide) groups is 1. The van der Waals surface area contributed by atoms with E-state index in [-0.39, 0.29) is 12.5 Å². The number of hydrogen-bond donors (Lipinski definition) is 1. The lowest BCUT2D eigenvalue weighted by atomic mass is 9.82. The number of ether oxygens (including phenoxy) is 1. The Morgan fingerprint density at radius 2 is 1.89 bits per heavy atom. The summed E-state index contributed by atoms with van der Waals surface area (Å²) >= 11 is 1.41. The van der Waals surface area contributed by atoms with Gasteiger partial charge in [-0.15, -0.1) is 0 Å². The Morgan fingerprint density at radius 1 is 1.16 bits per heavy atom. The molecule has 0 spiro atoms. The van der Waals surface area contributed by atoms with Crippen molar-refractivity contribution < 1.29 is 24.0 Å². The number of allylic oxidation sites excluding steroid dienone is 2. The lowest BCUT2D eigenvalue weighted by Gasteiger charge is -2.42. The Bertz CT molecular complexity index is 1120. The molecule has 9 heteroatoms. The second-order valence-electron chi connectivity index (χ2n) is 11.1. The fraction of sp³-hybridized carbons (Fsp3) is 0.552. The first kappa shape index (κ1) is 28.2. The van der Waals surface area contributed by atoms with Crippen LogP contribution in [-0.4, -0.2) is 51.8 Å². The predicted octanol–water partition coefficient (Wildman–Crippen LogP) is 4.66. The van der Waals surface area contributed by atoms with Gasteiger partial charge in [0, 0.05) is 29.6 Å². The molecule has 2 atom stereocenters. The van der Waals surface area contributed by atoms with Crippen molar-refractivity contribution in [3.8, 4) is 0 Å². The number of rotatable bonds is 9. The largest absolute Gasteiger partial charge is 0.457 e. The van der Waals surface area contributed by atoms with Gasteiger partial charge in [-0.2, -0.15) is 5.06 Å². The van der Waals surface area contributed by atoms with E-state index in [9.17, 15) is 14.4 Å². The number of benzene rings is 1. The molecule has 8 nitrogen and oxygen atoms in total. The van der Waals surface area contributed by atoms with Crippen LogP contribution in [0.15, 0.2) is 52.1 Å². The van der Waals surface area contributed by atoms with E-state index in [1.165, 1.54) is 17.5 Å². The summed E-state index contributed by atoms with van der Waals surface area (Å²) in [5.74, 6) is -2.47. The van der Waals surface area contributed by atoms with Crippen LogP contribution >= 0.6 is 11.8 Å². The molecule has 2 unspecified atom stereocenters. The van der Waals surface area contributed by atoms with Crippen LogP contribution in [0, 0.1) is 5.92 Å². The minimum Gasteiger partial charge on any atom is -0.457 e. The maximum absolute atomic E-state index is 13.8. The standard InChI is InChI=1S/C29H39N3O5S/c1-5-6-8-15-21-24-22(20-14-11-16-31(21)17-20)23(28(35)36-18-19-12-9-7-10-13-19)27(38-24)32(26(34)25(30)33)37-29(2,3)4/h7,9-10,12-13,20,27H,5-6,8,11,14-18H2,1-4H3,(H2,30,33). The Kier molecular flexibility index (Phi) is 8.88. The molecule has 38 heavy (non-hydrogen) atoms. The number of fused-ring (bicyclic) bond motifs is 4. The van der Waals surface area contributed by atoms with Crippen molar-refractivity contribution in [2.75, 3.05) is 13.1 Å². The lowest BCUT2D eigenvalue weighted by Crippen LogP contribution is -2.49. The number of hydroxylamine groups is 2. The molecule has 3 heterocycles. The quantitative estimate of drug-likeness (QED) is 0.210. The van der Waals surface area contributed by atoms with Crippen LogP contribution in [0.25, 0.3) is 0 Å². The fourth-order valence-electron chi connectivity index (χ4n) is 5.31. The highest BCUT2D eigenvalue weighted by Crippen LogP contribution is 2.54. The molecule has 1 fully saturated rings. The zero-order valence-electron chi connectivity index (χ0n) is 22.8. The first-order valence-corrected chi connectivity index (χ1v) is 14.4. The smallest absolute Gasteiger partial charge is 0.337 e. The van der Waals surface area contributed by atoms with Crippen molar-refractivity contribution in [2.45, 2.75) is 83.8 Å². The summed E-state index contributed by atoms with van der Waals surface area (Å²) in [6.07, 6.45) is 6.15. The van der Waals surface area contributed by atoms with Gasteiger partial charge < -0.3 is 15.4 Å². The summed E-state index contributed by atoms with van der Waals surface area (Å²) in [7, 11) is 0. The minimum atomic E-state index is -1.13. The molecule has 0 aliphatic carbocycles. The minimum absolute atomic E-state index is 0.108. The molecule has 206 valence electrons. The molecule has 0 saturated carbocycles. The highest BCUT2D eigenvalue weighted by atomic mass is 32.2. The molecule has 3 aliphatic rings. The van der Waals surface area contributed by atoms with Crippen LogP contribution in [0.5, 0.6) is 0 Å². The van der Waals surface area contributed by atoms with Gasteiger partial charge in [-0.3, -0.25) is 14.4 Å². The number of unbranched alkanes of at least 4 members (excludes halogenated alkanes) is 2. The number of carbonyl (C=O) groups excluding carboxylic acids is 3. The van der Waals surface area contributed by atoms with Crippen molar-refractivity contribution in [1.82, 2.24) is 9.96 Å². The van der Waals surface area contributed by atoms with Crippen LogP contribution < -0.4 is 5.73 Å².